The number of carbonyl (C=O) groups excluding carboxylic acids is 2. The van der Waals surface area contributed by atoms with Crippen LogP contribution >= 0.6 is 0 Å². The van der Waals surface area contributed by atoms with Gasteiger partial charge in [0, 0.05) is 28.6 Å². The first-order valence-corrected chi connectivity index (χ1v) is 10.7. The van der Waals surface area contributed by atoms with E-state index in [1.54, 1.807) is 32.0 Å². The highest BCUT2D eigenvalue weighted by Crippen LogP contribution is 2.42. The Hall–Kier alpha value is -3.16. The molecule has 8 nitrogen and oxygen atoms in total. The third-order valence-corrected chi connectivity index (χ3v) is 6.17. The second-order valence-corrected chi connectivity index (χ2v) is 8.24. The van der Waals surface area contributed by atoms with Crippen molar-refractivity contribution in [2.45, 2.75) is 58.3 Å². The van der Waals surface area contributed by atoms with Gasteiger partial charge in [0.1, 0.15) is 0 Å². The SMILES string of the molecule is CC1=C(C(N)=O)C(c2ccccc2[N+](=O)[O-])C(C(=O)OCCC2CCCCC2)=C(C)N1. The number of primary amides is 1. The monoisotopic (exact) mass is 427 g/mol. The summed E-state index contributed by atoms with van der Waals surface area (Å²) in [6, 6.07) is 6.08. The summed E-state index contributed by atoms with van der Waals surface area (Å²) in [5.74, 6) is -1.75. The number of nitro benzene ring substituents is 1. The van der Waals surface area contributed by atoms with E-state index in [0.29, 0.717) is 17.3 Å². The van der Waals surface area contributed by atoms with Gasteiger partial charge in [-0.1, -0.05) is 50.3 Å². The molecule has 2 aliphatic rings. The van der Waals surface area contributed by atoms with E-state index in [1.807, 2.05) is 0 Å². The summed E-state index contributed by atoms with van der Waals surface area (Å²) in [4.78, 5) is 36.6. The molecule has 0 saturated heterocycles. The van der Waals surface area contributed by atoms with Gasteiger partial charge in [0.15, 0.2) is 0 Å². The first-order valence-electron chi connectivity index (χ1n) is 10.7. The summed E-state index contributed by atoms with van der Waals surface area (Å²) in [7, 11) is 0. The molecule has 3 N–H and O–H groups in total. The van der Waals surface area contributed by atoms with Crippen molar-refractivity contribution in [1.82, 2.24) is 5.32 Å². The number of amides is 1. The van der Waals surface area contributed by atoms with Gasteiger partial charge in [0.05, 0.1) is 23.0 Å². The fourth-order valence-corrected chi connectivity index (χ4v) is 4.67. The summed E-state index contributed by atoms with van der Waals surface area (Å²) in [6.45, 7) is 3.63. The number of esters is 1. The van der Waals surface area contributed by atoms with E-state index in [1.165, 1.54) is 25.3 Å². The predicted octanol–water partition coefficient (Wildman–Crippen LogP) is 3.83. The second-order valence-electron chi connectivity index (χ2n) is 8.24. The molecule has 1 amide bonds. The van der Waals surface area contributed by atoms with Crippen LogP contribution in [0.5, 0.6) is 0 Å². The number of allylic oxidation sites excluding steroid dienone is 2. The van der Waals surface area contributed by atoms with Crippen LogP contribution in [-0.4, -0.2) is 23.4 Å². The number of para-hydroxylation sites is 1. The molecule has 0 spiro atoms. The van der Waals surface area contributed by atoms with Crippen LogP contribution in [0, 0.1) is 16.0 Å². The molecule has 1 aromatic carbocycles. The van der Waals surface area contributed by atoms with Crippen LogP contribution in [-0.2, 0) is 14.3 Å². The minimum Gasteiger partial charge on any atom is -0.462 e. The van der Waals surface area contributed by atoms with Crippen LogP contribution in [0.25, 0.3) is 0 Å². The van der Waals surface area contributed by atoms with Crippen molar-refractivity contribution in [3.8, 4) is 0 Å². The molecule has 166 valence electrons. The Morgan fingerprint density at radius 1 is 1.13 bits per heavy atom. The molecule has 1 unspecified atom stereocenters. The minimum atomic E-state index is -0.970. The fourth-order valence-electron chi connectivity index (χ4n) is 4.67. The van der Waals surface area contributed by atoms with E-state index in [2.05, 4.69) is 5.32 Å². The Labute approximate surface area is 181 Å². The van der Waals surface area contributed by atoms with Crippen LogP contribution in [0.1, 0.15) is 63.9 Å². The van der Waals surface area contributed by atoms with Crippen LogP contribution < -0.4 is 11.1 Å². The van der Waals surface area contributed by atoms with Crippen LogP contribution in [0.4, 0.5) is 5.69 Å². The second kappa shape index (κ2) is 9.76. The van der Waals surface area contributed by atoms with Crippen molar-refractivity contribution in [3.05, 3.63) is 62.5 Å². The summed E-state index contributed by atoms with van der Waals surface area (Å²) in [6.07, 6.45) is 6.75. The lowest BCUT2D eigenvalue weighted by Gasteiger charge is -2.30. The molecule has 1 atom stereocenters. The van der Waals surface area contributed by atoms with Crippen molar-refractivity contribution in [1.29, 1.82) is 0 Å². The topological polar surface area (TPSA) is 125 Å². The van der Waals surface area contributed by atoms with Crippen molar-refractivity contribution < 1.29 is 19.2 Å². The Morgan fingerprint density at radius 3 is 2.42 bits per heavy atom. The van der Waals surface area contributed by atoms with Crippen LogP contribution in [0.3, 0.4) is 0 Å². The Morgan fingerprint density at radius 2 is 1.77 bits per heavy atom. The summed E-state index contributed by atoms with van der Waals surface area (Å²) < 4.78 is 5.59. The van der Waals surface area contributed by atoms with E-state index in [-0.39, 0.29) is 29.0 Å². The van der Waals surface area contributed by atoms with E-state index in [9.17, 15) is 19.7 Å². The summed E-state index contributed by atoms with van der Waals surface area (Å²) in [5.41, 5.74) is 6.95. The molecular formula is C23H29N3O5. The molecule has 0 bridgehead atoms. The number of nitrogens with two attached hydrogens (primary N) is 1. The van der Waals surface area contributed by atoms with Gasteiger partial charge in [-0.05, 0) is 26.2 Å². The highest BCUT2D eigenvalue weighted by Gasteiger charge is 2.39. The first-order chi connectivity index (χ1) is 14.8. The first kappa shape index (κ1) is 22.5. The molecule has 1 fully saturated rings. The Kier molecular flexibility index (Phi) is 7.09. The van der Waals surface area contributed by atoms with Crippen molar-refractivity contribution >= 4 is 17.6 Å². The zero-order valence-electron chi connectivity index (χ0n) is 18.0. The van der Waals surface area contributed by atoms with Crippen molar-refractivity contribution in [2.75, 3.05) is 6.61 Å². The van der Waals surface area contributed by atoms with E-state index in [4.69, 9.17) is 10.5 Å². The summed E-state index contributed by atoms with van der Waals surface area (Å²) in [5, 5.41) is 14.7. The average Bonchev–Trinajstić information content (AvgIpc) is 2.73. The smallest absolute Gasteiger partial charge is 0.336 e. The molecule has 1 aliphatic heterocycles. The maximum Gasteiger partial charge on any atom is 0.336 e. The molecule has 8 heteroatoms. The number of nitro groups is 1. The summed E-state index contributed by atoms with van der Waals surface area (Å²) >= 11 is 0. The number of nitrogens with zero attached hydrogens (tertiary/aromatic N) is 1. The largest absolute Gasteiger partial charge is 0.462 e. The van der Waals surface area contributed by atoms with Gasteiger partial charge < -0.3 is 15.8 Å². The molecule has 1 saturated carbocycles. The van der Waals surface area contributed by atoms with E-state index >= 15 is 0 Å². The maximum absolute atomic E-state index is 13.1. The molecule has 1 aromatic rings. The third kappa shape index (κ3) is 4.95. The zero-order valence-corrected chi connectivity index (χ0v) is 18.0. The van der Waals surface area contributed by atoms with Gasteiger partial charge in [-0.15, -0.1) is 0 Å². The lowest BCUT2D eigenvalue weighted by Crippen LogP contribution is -2.34. The predicted molar refractivity (Wildman–Crippen MR) is 116 cm³/mol. The van der Waals surface area contributed by atoms with Crippen molar-refractivity contribution in [3.63, 3.8) is 0 Å². The normalized spacial score (nSPS) is 19.7. The van der Waals surface area contributed by atoms with E-state index in [0.717, 1.165) is 19.3 Å². The standard InChI is InChI=1S/C23H29N3O5/c1-14-19(22(24)27)21(17-10-6-7-11-18(17)26(29)30)20(15(2)25-14)23(28)31-13-12-16-8-4-3-5-9-16/h6-7,10-11,16,21,25H,3-5,8-9,12-13H2,1-2H3,(H2,24,27). The lowest BCUT2D eigenvalue weighted by atomic mass is 9.79. The number of hydrogen-bond acceptors (Lipinski definition) is 6. The fraction of sp³-hybridized carbons (Fsp3) is 0.478. The highest BCUT2D eigenvalue weighted by molar-refractivity contribution is 6.01. The minimum absolute atomic E-state index is 0.124. The van der Waals surface area contributed by atoms with Gasteiger partial charge >= 0.3 is 5.97 Å². The maximum atomic E-state index is 13.1. The number of benzene rings is 1. The number of dihydropyridines is 1. The van der Waals surface area contributed by atoms with Gasteiger partial charge in [0.2, 0.25) is 5.91 Å². The Bertz CT molecular complexity index is 944. The molecule has 31 heavy (non-hydrogen) atoms. The Balaban J connectivity index is 1.92. The quantitative estimate of drug-likeness (QED) is 0.387. The molecule has 0 aromatic heterocycles. The van der Waals surface area contributed by atoms with Crippen LogP contribution in [0.2, 0.25) is 0 Å². The number of nitrogens with one attached hydrogen (secondary N) is 1. The average molecular weight is 428 g/mol. The molecule has 1 heterocycles. The zero-order chi connectivity index (χ0) is 22.5. The number of carbonyl (C=O) groups is 2. The van der Waals surface area contributed by atoms with Gasteiger partial charge in [-0.2, -0.15) is 0 Å². The lowest BCUT2D eigenvalue weighted by molar-refractivity contribution is -0.385. The van der Waals surface area contributed by atoms with Crippen LogP contribution in [0.15, 0.2) is 46.8 Å². The van der Waals surface area contributed by atoms with Gasteiger partial charge in [-0.25, -0.2) is 4.79 Å². The third-order valence-electron chi connectivity index (χ3n) is 6.17. The number of hydrogen-bond donors (Lipinski definition) is 2. The molecule has 1 aliphatic carbocycles. The molecular weight excluding hydrogens is 398 g/mol. The van der Waals surface area contributed by atoms with Crippen molar-refractivity contribution in [2.24, 2.45) is 11.7 Å². The van der Waals surface area contributed by atoms with E-state index < -0.39 is 22.7 Å². The highest BCUT2D eigenvalue weighted by atomic mass is 16.6. The molecule has 0 radical (unpaired) electrons. The number of ether oxygens (including phenoxy) is 1. The van der Waals surface area contributed by atoms with Gasteiger partial charge in [-0.3, -0.25) is 14.9 Å². The molecule has 3 rings (SSSR count). The number of rotatable bonds is 7. The van der Waals surface area contributed by atoms with Gasteiger partial charge in [0.25, 0.3) is 5.69 Å².